The zero-order valence-electron chi connectivity index (χ0n) is 8.71. The molecule has 1 nitrogen and oxygen atoms in total. The second-order valence-corrected chi connectivity index (χ2v) is 4.87. The SMILES string of the molecule is Br.CC1CC2(CCCC2)CC(C)O1. The van der Waals surface area contributed by atoms with Gasteiger partial charge in [0.1, 0.15) is 0 Å². The van der Waals surface area contributed by atoms with Crippen molar-refractivity contribution in [1.29, 1.82) is 0 Å². The van der Waals surface area contributed by atoms with Crippen LogP contribution in [0.25, 0.3) is 0 Å². The summed E-state index contributed by atoms with van der Waals surface area (Å²) in [6, 6.07) is 0. The van der Waals surface area contributed by atoms with Crippen molar-refractivity contribution in [2.24, 2.45) is 5.41 Å². The van der Waals surface area contributed by atoms with Crippen LogP contribution in [0.4, 0.5) is 0 Å². The molecule has 0 amide bonds. The summed E-state index contributed by atoms with van der Waals surface area (Å²) in [4.78, 5) is 0. The summed E-state index contributed by atoms with van der Waals surface area (Å²) in [6.07, 6.45) is 9.49. The van der Waals surface area contributed by atoms with Crippen LogP contribution in [-0.2, 0) is 4.74 Å². The highest BCUT2D eigenvalue weighted by Gasteiger charge is 2.40. The molecule has 2 rings (SSSR count). The van der Waals surface area contributed by atoms with E-state index in [1.165, 1.54) is 38.5 Å². The van der Waals surface area contributed by atoms with Crippen molar-refractivity contribution in [3.63, 3.8) is 0 Å². The van der Waals surface area contributed by atoms with Crippen LogP contribution in [0.3, 0.4) is 0 Å². The maximum atomic E-state index is 5.77. The van der Waals surface area contributed by atoms with Crippen molar-refractivity contribution in [2.45, 2.75) is 64.6 Å². The van der Waals surface area contributed by atoms with Crippen LogP contribution < -0.4 is 0 Å². The van der Waals surface area contributed by atoms with Gasteiger partial charge in [-0.2, -0.15) is 0 Å². The van der Waals surface area contributed by atoms with Crippen LogP contribution in [0.1, 0.15) is 52.4 Å². The highest BCUT2D eigenvalue weighted by Crippen LogP contribution is 2.48. The third-order valence-electron chi connectivity index (χ3n) is 3.57. The zero-order chi connectivity index (χ0) is 8.60. The third kappa shape index (κ3) is 2.47. The minimum Gasteiger partial charge on any atom is -0.376 e. The predicted octanol–water partition coefficient (Wildman–Crippen LogP) is 3.71. The third-order valence-corrected chi connectivity index (χ3v) is 3.57. The van der Waals surface area contributed by atoms with Gasteiger partial charge in [0.15, 0.2) is 0 Å². The maximum Gasteiger partial charge on any atom is 0.0555 e. The van der Waals surface area contributed by atoms with E-state index in [2.05, 4.69) is 13.8 Å². The average Bonchev–Trinajstić information content (AvgIpc) is 2.33. The summed E-state index contributed by atoms with van der Waals surface area (Å²) in [5, 5.41) is 0. The molecule has 2 heteroatoms. The number of halogens is 1. The molecule has 1 saturated carbocycles. The van der Waals surface area contributed by atoms with Crippen molar-refractivity contribution in [3.05, 3.63) is 0 Å². The molecule has 78 valence electrons. The summed E-state index contributed by atoms with van der Waals surface area (Å²) in [5.41, 5.74) is 0.692. The fraction of sp³-hybridized carbons (Fsp3) is 1.00. The maximum absolute atomic E-state index is 5.77. The number of hydrogen-bond acceptors (Lipinski definition) is 1. The van der Waals surface area contributed by atoms with Crippen molar-refractivity contribution in [1.82, 2.24) is 0 Å². The Balaban J connectivity index is 0.000000845. The van der Waals surface area contributed by atoms with Gasteiger partial charge in [-0.15, -0.1) is 17.0 Å². The second-order valence-electron chi connectivity index (χ2n) is 4.87. The molecular weight excluding hydrogens is 228 g/mol. The van der Waals surface area contributed by atoms with E-state index in [1.54, 1.807) is 0 Å². The van der Waals surface area contributed by atoms with E-state index in [0.29, 0.717) is 17.6 Å². The molecule has 2 unspecified atom stereocenters. The monoisotopic (exact) mass is 248 g/mol. The lowest BCUT2D eigenvalue weighted by Crippen LogP contribution is -2.36. The Morgan fingerprint density at radius 3 is 1.92 bits per heavy atom. The normalized spacial score (nSPS) is 37.4. The average molecular weight is 249 g/mol. The van der Waals surface area contributed by atoms with Crippen LogP contribution >= 0.6 is 17.0 Å². The van der Waals surface area contributed by atoms with Gasteiger partial charge < -0.3 is 4.74 Å². The van der Waals surface area contributed by atoms with E-state index < -0.39 is 0 Å². The Bertz CT molecular complexity index is 151. The summed E-state index contributed by atoms with van der Waals surface area (Å²) >= 11 is 0. The molecule has 2 aliphatic rings. The molecule has 2 atom stereocenters. The largest absolute Gasteiger partial charge is 0.376 e. The van der Waals surface area contributed by atoms with Crippen molar-refractivity contribution in [2.75, 3.05) is 0 Å². The molecule has 0 aromatic heterocycles. The molecule has 0 bridgehead atoms. The van der Waals surface area contributed by atoms with Gasteiger partial charge in [-0.25, -0.2) is 0 Å². The molecule has 1 saturated heterocycles. The molecule has 1 heterocycles. The highest BCUT2D eigenvalue weighted by atomic mass is 79.9. The van der Waals surface area contributed by atoms with E-state index >= 15 is 0 Å². The summed E-state index contributed by atoms with van der Waals surface area (Å²) in [6.45, 7) is 4.46. The van der Waals surface area contributed by atoms with Gasteiger partial charge in [0.2, 0.25) is 0 Å². The Kier molecular flexibility index (Phi) is 3.82. The topological polar surface area (TPSA) is 9.23 Å². The lowest BCUT2D eigenvalue weighted by atomic mass is 9.75. The number of rotatable bonds is 0. The van der Waals surface area contributed by atoms with Crippen LogP contribution in [0.15, 0.2) is 0 Å². The first-order chi connectivity index (χ1) is 5.70. The molecule has 1 aliphatic heterocycles. The Morgan fingerprint density at radius 2 is 1.46 bits per heavy atom. The predicted molar refractivity (Wildman–Crippen MR) is 60.5 cm³/mol. The van der Waals surface area contributed by atoms with Crippen LogP contribution in [0, 0.1) is 5.41 Å². The first-order valence-corrected chi connectivity index (χ1v) is 5.36. The quantitative estimate of drug-likeness (QED) is 0.635. The Hall–Kier alpha value is 0.440. The van der Waals surface area contributed by atoms with Gasteiger partial charge >= 0.3 is 0 Å². The summed E-state index contributed by atoms with van der Waals surface area (Å²) in [7, 11) is 0. The van der Waals surface area contributed by atoms with Gasteiger partial charge in [0.25, 0.3) is 0 Å². The number of hydrogen-bond donors (Lipinski definition) is 0. The standard InChI is InChI=1S/C11H20O.BrH/c1-9-7-11(5-3-4-6-11)8-10(2)12-9;/h9-10H,3-8H2,1-2H3;1H. The summed E-state index contributed by atoms with van der Waals surface area (Å²) < 4.78 is 5.77. The van der Waals surface area contributed by atoms with Gasteiger partial charge in [0, 0.05) is 0 Å². The van der Waals surface area contributed by atoms with Crippen molar-refractivity contribution in [3.8, 4) is 0 Å². The Morgan fingerprint density at radius 1 is 1.00 bits per heavy atom. The van der Waals surface area contributed by atoms with E-state index in [1.807, 2.05) is 0 Å². The molecular formula is C11H21BrO. The lowest BCUT2D eigenvalue weighted by molar-refractivity contribution is -0.0852. The first kappa shape index (κ1) is 11.5. The van der Waals surface area contributed by atoms with Crippen molar-refractivity contribution >= 4 is 17.0 Å². The fourth-order valence-electron chi connectivity index (χ4n) is 3.33. The lowest BCUT2D eigenvalue weighted by Gasteiger charge is -2.40. The number of ether oxygens (including phenoxy) is 1. The second kappa shape index (κ2) is 4.31. The fourth-order valence-corrected chi connectivity index (χ4v) is 3.33. The zero-order valence-corrected chi connectivity index (χ0v) is 10.4. The van der Waals surface area contributed by atoms with Gasteiger partial charge in [-0.05, 0) is 44.9 Å². The van der Waals surface area contributed by atoms with E-state index in [0.717, 1.165) is 0 Å². The van der Waals surface area contributed by atoms with Gasteiger partial charge in [-0.1, -0.05) is 12.8 Å². The van der Waals surface area contributed by atoms with E-state index in [4.69, 9.17) is 4.74 Å². The van der Waals surface area contributed by atoms with Gasteiger partial charge in [-0.3, -0.25) is 0 Å². The molecule has 0 aromatic rings. The Labute approximate surface area is 92.0 Å². The van der Waals surface area contributed by atoms with E-state index in [-0.39, 0.29) is 17.0 Å². The van der Waals surface area contributed by atoms with Crippen LogP contribution in [0.5, 0.6) is 0 Å². The minimum absolute atomic E-state index is 0. The first-order valence-electron chi connectivity index (χ1n) is 5.36. The minimum atomic E-state index is 0. The molecule has 1 aliphatic carbocycles. The van der Waals surface area contributed by atoms with Crippen molar-refractivity contribution < 1.29 is 4.74 Å². The van der Waals surface area contributed by atoms with Crippen LogP contribution in [-0.4, -0.2) is 12.2 Å². The van der Waals surface area contributed by atoms with Gasteiger partial charge in [0.05, 0.1) is 12.2 Å². The highest BCUT2D eigenvalue weighted by molar-refractivity contribution is 8.93. The molecule has 2 fully saturated rings. The van der Waals surface area contributed by atoms with E-state index in [9.17, 15) is 0 Å². The van der Waals surface area contributed by atoms with Crippen LogP contribution in [0.2, 0.25) is 0 Å². The molecule has 0 N–H and O–H groups in total. The molecule has 1 spiro atoms. The molecule has 13 heavy (non-hydrogen) atoms. The summed E-state index contributed by atoms with van der Waals surface area (Å²) in [5.74, 6) is 0. The molecule has 0 radical (unpaired) electrons. The smallest absolute Gasteiger partial charge is 0.0555 e. The molecule has 0 aromatic carbocycles.